The van der Waals surface area contributed by atoms with Crippen LogP contribution >= 0.6 is 0 Å². The van der Waals surface area contributed by atoms with Crippen molar-refractivity contribution < 1.29 is 14.3 Å². The molecule has 0 aromatic rings. The van der Waals surface area contributed by atoms with E-state index in [9.17, 15) is 9.59 Å². The highest BCUT2D eigenvalue weighted by atomic mass is 16.6. The summed E-state index contributed by atoms with van der Waals surface area (Å²) < 4.78 is 5.23. The Balaban J connectivity index is 1.39. The van der Waals surface area contributed by atoms with Crippen molar-refractivity contribution in [3.8, 4) is 0 Å². The quantitative estimate of drug-likeness (QED) is 0.799. The third-order valence-corrected chi connectivity index (χ3v) is 6.04. The van der Waals surface area contributed by atoms with Gasteiger partial charge in [-0.1, -0.05) is 6.92 Å². The van der Waals surface area contributed by atoms with Crippen LogP contribution in [0.15, 0.2) is 0 Å². The van der Waals surface area contributed by atoms with Gasteiger partial charge >= 0.3 is 12.1 Å². The molecule has 3 amide bonds. The second-order valence-electron chi connectivity index (χ2n) is 8.60. The molecule has 3 aliphatic rings. The molecule has 2 atom stereocenters. The van der Waals surface area contributed by atoms with Crippen molar-refractivity contribution in [1.29, 1.82) is 0 Å². The fourth-order valence-electron chi connectivity index (χ4n) is 4.11. The van der Waals surface area contributed by atoms with Crippen LogP contribution in [0.2, 0.25) is 0 Å². The first-order valence-electron chi connectivity index (χ1n) is 9.91. The van der Waals surface area contributed by atoms with Crippen molar-refractivity contribution in [2.75, 3.05) is 13.1 Å². The molecule has 142 valence electrons. The molecule has 1 unspecified atom stereocenters. The predicted octanol–water partition coefficient (Wildman–Crippen LogP) is 3.26. The molecular weight excluding hydrogens is 318 g/mol. The number of nitrogens with one attached hydrogen (secondary N) is 2. The fraction of sp³-hybridized carbons (Fsp3) is 0.895. The summed E-state index contributed by atoms with van der Waals surface area (Å²) in [6.45, 7) is 7.29. The van der Waals surface area contributed by atoms with Crippen molar-refractivity contribution in [1.82, 2.24) is 15.5 Å². The van der Waals surface area contributed by atoms with E-state index in [-0.39, 0.29) is 29.8 Å². The number of ether oxygens (including phenoxy) is 1. The van der Waals surface area contributed by atoms with Gasteiger partial charge in [-0.05, 0) is 70.6 Å². The van der Waals surface area contributed by atoms with Crippen molar-refractivity contribution in [2.45, 2.75) is 83.4 Å². The molecule has 0 bridgehead atoms. The van der Waals surface area contributed by atoms with Crippen molar-refractivity contribution >= 4 is 12.1 Å². The lowest BCUT2D eigenvalue weighted by Gasteiger charge is -2.43. The minimum absolute atomic E-state index is 0.0313. The molecule has 0 spiro atoms. The molecule has 3 fully saturated rings. The Morgan fingerprint density at radius 3 is 2.36 bits per heavy atom. The summed E-state index contributed by atoms with van der Waals surface area (Å²) in [7, 11) is 0. The lowest BCUT2D eigenvalue weighted by atomic mass is 9.73. The van der Waals surface area contributed by atoms with E-state index < -0.39 is 0 Å². The second kappa shape index (κ2) is 7.42. The van der Waals surface area contributed by atoms with Crippen LogP contribution in [0.25, 0.3) is 0 Å². The van der Waals surface area contributed by atoms with Gasteiger partial charge in [-0.25, -0.2) is 9.59 Å². The minimum Gasteiger partial charge on any atom is -0.447 e. The van der Waals surface area contributed by atoms with Crippen molar-refractivity contribution in [2.24, 2.45) is 11.8 Å². The van der Waals surface area contributed by atoms with E-state index in [0.717, 1.165) is 43.9 Å². The number of carbonyl (C=O) groups is 2. The normalized spacial score (nSPS) is 28.2. The first-order chi connectivity index (χ1) is 11.9. The summed E-state index contributed by atoms with van der Waals surface area (Å²) in [4.78, 5) is 26.1. The van der Waals surface area contributed by atoms with Crippen molar-refractivity contribution in [3.63, 3.8) is 0 Å². The largest absolute Gasteiger partial charge is 0.447 e. The first-order valence-corrected chi connectivity index (χ1v) is 9.91. The molecule has 0 radical (unpaired) electrons. The Hall–Kier alpha value is -1.46. The Kier molecular flexibility index (Phi) is 5.44. The van der Waals surface area contributed by atoms with Gasteiger partial charge in [0.15, 0.2) is 0 Å². The van der Waals surface area contributed by atoms with Gasteiger partial charge in [-0.2, -0.15) is 0 Å². The van der Waals surface area contributed by atoms with Crippen LogP contribution in [0, 0.1) is 11.8 Å². The maximum Gasteiger partial charge on any atom is 0.410 e. The Labute approximate surface area is 151 Å². The lowest BCUT2D eigenvalue weighted by Crippen LogP contribution is -2.58. The molecule has 25 heavy (non-hydrogen) atoms. The molecule has 6 heteroatoms. The van der Waals surface area contributed by atoms with Gasteiger partial charge in [0.25, 0.3) is 0 Å². The highest BCUT2D eigenvalue weighted by molar-refractivity contribution is 5.75. The summed E-state index contributed by atoms with van der Waals surface area (Å²) in [5, 5.41) is 6.39. The molecule has 0 aromatic heterocycles. The molecule has 2 aliphatic carbocycles. The zero-order valence-electron chi connectivity index (χ0n) is 15.8. The maximum atomic E-state index is 12.4. The molecule has 2 N–H and O–H groups in total. The van der Waals surface area contributed by atoms with Crippen LogP contribution in [-0.2, 0) is 4.74 Å². The van der Waals surface area contributed by atoms with Gasteiger partial charge in [0.1, 0.15) is 0 Å². The van der Waals surface area contributed by atoms with E-state index in [1.165, 1.54) is 12.8 Å². The zero-order valence-corrected chi connectivity index (χ0v) is 15.8. The Bertz CT molecular complexity index is 496. The zero-order chi connectivity index (χ0) is 18.0. The lowest BCUT2D eigenvalue weighted by molar-refractivity contribution is 0.0682. The second-order valence-corrected chi connectivity index (χ2v) is 8.60. The Morgan fingerprint density at radius 2 is 1.88 bits per heavy atom. The standard InChI is InChI=1S/C19H33N3O3/c1-13(2)25-18(24)22-9-5-16(6-10-22)20-17(23)21-19(7-4-8-19)12-15-11-14(15)3/h13-16H,4-12H2,1-3H3,(H2,20,21,23)/t14-,15?/m0/s1. The number of hydrogen-bond acceptors (Lipinski definition) is 3. The third-order valence-electron chi connectivity index (χ3n) is 6.04. The fourth-order valence-corrected chi connectivity index (χ4v) is 4.11. The van der Waals surface area contributed by atoms with E-state index in [1.807, 2.05) is 13.8 Å². The number of piperidine rings is 1. The topological polar surface area (TPSA) is 70.7 Å². The summed E-state index contributed by atoms with van der Waals surface area (Å²) in [5.74, 6) is 1.63. The number of likely N-dealkylation sites (tertiary alicyclic amines) is 1. The minimum atomic E-state index is -0.245. The number of urea groups is 1. The van der Waals surface area contributed by atoms with E-state index in [0.29, 0.717) is 13.1 Å². The summed E-state index contributed by atoms with van der Waals surface area (Å²) in [6.07, 6.45) is 7.13. The van der Waals surface area contributed by atoms with E-state index in [1.54, 1.807) is 4.90 Å². The van der Waals surface area contributed by atoms with E-state index in [2.05, 4.69) is 17.6 Å². The molecule has 3 rings (SSSR count). The van der Waals surface area contributed by atoms with Gasteiger partial charge in [0, 0.05) is 24.7 Å². The van der Waals surface area contributed by atoms with Gasteiger partial charge in [-0.3, -0.25) is 0 Å². The number of carbonyl (C=O) groups excluding carboxylic acids is 2. The average Bonchev–Trinajstić information content (AvgIpc) is 3.19. The smallest absolute Gasteiger partial charge is 0.410 e. The SMILES string of the molecule is CC(C)OC(=O)N1CCC(NC(=O)NC2(CC3C[C@@H]3C)CCC2)CC1. The molecule has 2 saturated carbocycles. The average molecular weight is 351 g/mol. The highest BCUT2D eigenvalue weighted by Gasteiger charge is 2.45. The van der Waals surface area contributed by atoms with E-state index in [4.69, 9.17) is 4.74 Å². The van der Waals surface area contributed by atoms with Crippen LogP contribution in [-0.4, -0.2) is 47.8 Å². The van der Waals surface area contributed by atoms with E-state index >= 15 is 0 Å². The number of hydrogen-bond donors (Lipinski definition) is 2. The van der Waals surface area contributed by atoms with Crippen LogP contribution in [0.4, 0.5) is 9.59 Å². The van der Waals surface area contributed by atoms with Crippen LogP contribution in [0.1, 0.15) is 65.7 Å². The predicted molar refractivity (Wildman–Crippen MR) is 96.3 cm³/mol. The molecule has 1 saturated heterocycles. The molecule has 6 nitrogen and oxygen atoms in total. The third kappa shape index (κ3) is 4.79. The summed E-state index contributed by atoms with van der Waals surface area (Å²) >= 11 is 0. The maximum absolute atomic E-state index is 12.4. The number of nitrogens with zero attached hydrogens (tertiary/aromatic N) is 1. The van der Waals surface area contributed by atoms with Gasteiger partial charge < -0.3 is 20.3 Å². The van der Waals surface area contributed by atoms with Gasteiger partial charge in [0.05, 0.1) is 6.10 Å². The van der Waals surface area contributed by atoms with Crippen LogP contribution in [0.3, 0.4) is 0 Å². The van der Waals surface area contributed by atoms with Crippen molar-refractivity contribution in [3.05, 3.63) is 0 Å². The first kappa shape index (κ1) is 18.3. The number of amides is 3. The Morgan fingerprint density at radius 1 is 1.24 bits per heavy atom. The molecule has 1 aliphatic heterocycles. The van der Waals surface area contributed by atoms with Crippen LogP contribution < -0.4 is 10.6 Å². The highest BCUT2D eigenvalue weighted by Crippen LogP contribution is 2.48. The van der Waals surface area contributed by atoms with Gasteiger partial charge in [0.2, 0.25) is 0 Å². The van der Waals surface area contributed by atoms with Gasteiger partial charge in [-0.15, -0.1) is 0 Å². The summed E-state index contributed by atoms with van der Waals surface area (Å²) in [6, 6.07) is 0.108. The molecule has 1 heterocycles. The number of rotatable bonds is 5. The summed E-state index contributed by atoms with van der Waals surface area (Å²) in [5.41, 5.74) is 0.0429. The molecular formula is C19H33N3O3. The molecule has 0 aromatic carbocycles. The monoisotopic (exact) mass is 351 g/mol. The van der Waals surface area contributed by atoms with Crippen LogP contribution in [0.5, 0.6) is 0 Å².